The molecule has 0 aliphatic rings. The quantitative estimate of drug-likeness (QED) is 0.736. The van der Waals surface area contributed by atoms with Crippen molar-refractivity contribution in [2.45, 2.75) is 6.92 Å². The fourth-order valence-corrected chi connectivity index (χ4v) is 2.99. The van der Waals surface area contributed by atoms with Crippen LogP contribution in [-0.2, 0) is 0 Å². The molecule has 3 rings (SSSR count). The Hall–Kier alpha value is -2.79. The fraction of sp³-hybridized carbons (Fsp3) is 0.0556. The smallest absolute Gasteiger partial charge is 0.335 e. The molecule has 1 heterocycles. The predicted octanol–water partition coefficient (Wildman–Crippen LogP) is 4.05. The summed E-state index contributed by atoms with van der Waals surface area (Å²) < 4.78 is 0. The molecule has 0 amide bonds. The fourth-order valence-electron chi connectivity index (χ4n) is 2.20. The van der Waals surface area contributed by atoms with Crippen molar-refractivity contribution in [3.63, 3.8) is 0 Å². The number of aromatic nitrogens is 1. The summed E-state index contributed by atoms with van der Waals surface area (Å²) in [7, 11) is 0. The Kier molecular flexibility index (Phi) is 4.04. The topological polar surface area (TPSA) is 67.3 Å². The van der Waals surface area contributed by atoms with E-state index in [-0.39, 0.29) is 11.3 Å². The summed E-state index contributed by atoms with van der Waals surface area (Å²) in [5.41, 5.74) is 3.46. The third-order valence-electron chi connectivity index (χ3n) is 3.41. The molecule has 2 aromatic carbocycles. The lowest BCUT2D eigenvalue weighted by molar-refractivity contribution is 0.0696. The average Bonchev–Trinajstić information content (AvgIpc) is 3.04. The maximum absolute atomic E-state index is 12.4. The highest BCUT2D eigenvalue weighted by molar-refractivity contribution is 7.12. The second-order valence-electron chi connectivity index (χ2n) is 5.12. The third kappa shape index (κ3) is 3.19. The van der Waals surface area contributed by atoms with Crippen molar-refractivity contribution < 1.29 is 14.7 Å². The number of carboxylic acids is 1. The summed E-state index contributed by atoms with van der Waals surface area (Å²) in [5, 5.41) is 11.1. The van der Waals surface area contributed by atoms with Crippen LogP contribution in [-0.4, -0.2) is 21.8 Å². The normalized spacial score (nSPS) is 10.5. The number of hydrogen-bond acceptors (Lipinski definition) is 4. The van der Waals surface area contributed by atoms with Crippen molar-refractivity contribution in [1.29, 1.82) is 0 Å². The Morgan fingerprint density at radius 1 is 1.04 bits per heavy atom. The average molecular weight is 323 g/mol. The van der Waals surface area contributed by atoms with E-state index in [0.29, 0.717) is 10.6 Å². The van der Waals surface area contributed by atoms with Crippen LogP contribution in [0.25, 0.3) is 11.3 Å². The van der Waals surface area contributed by atoms with E-state index < -0.39 is 5.97 Å². The number of hydrogen-bond donors (Lipinski definition) is 1. The summed E-state index contributed by atoms with van der Waals surface area (Å²) in [6.45, 7) is 2.01. The minimum absolute atomic E-state index is 0.154. The molecule has 114 valence electrons. The minimum Gasteiger partial charge on any atom is -0.478 e. The molecule has 23 heavy (non-hydrogen) atoms. The summed E-state index contributed by atoms with van der Waals surface area (Å²) >= 11 is 1.29. The van der Waals surface area contributed by atoms with Crippen molar-refractivity contribution >= 4 is 23.1 Å². The second-order valence-corrected chi connectivity index (χ2v) is 5.98. The largest absolute Gasteiger partial charge is 0.478 e. The van der Waals surface area contributed by atoms with Gasteiger partial charge < -0.3 is 5.11 Å². The molecule has 0 bridgehead atoms. The number of ketones is 1. The summed E-state index contributed by atoms with van der Waals surface area (Å²) in [6.07, 6.45) is 0. The van der Waals surface area contributed by atoms with E-state index in [0.717, 1.165) is 16.8 Å². The summed E-state index contributed by atoms with van der Waals surface area (Å²) in [4.78, 5) is 27.7. The first kappa shape index (κ1) is 15.1. The molecule has 0 spiro atoms. The molecule has 5 heteroatoms. The van der Waals surface area contributed by atoms with Gasteiger partial charge in [-0.05, 0) is 25.1 Å². The van der Waals surface area contributed by atoms with Gasteiger partial charge in [-0.2, -0.15) is 0 Å². The van der Waals surface area contributed by atoms with E-state index >= 15 is 0 Å². The summed E-state index contributed by atoms with van der Waals surface area (Å²) in [5.74, 6) is -1.22. The zero-order valence-electron chi connectivity index (χ0n) is 12.3. The van der Waals surface area contributed by atoms with Crippen LogP contribution in [0.3, 0.4) is 0 Å². The Labute approximate surface area is 137 Å². The van der Waals surface area contributed by atoms with E-state index in [4.69, 9.17) is 5.11 Å². The van der Waals surface area contributed by atoms with E-state index in [1.165, 1.54) is 35.6 Å². The number of carbonyl (C=O) groups excluding carboxylic acids is 1. The van der Waals surface area contributed by atoms with E-state index in [1.54, 1.807) is 0 Å². The van der Waals surface area contributed by atoms with Crippen molar-refractivity contribution in [1.82, 2.24) is 4.98 Å². The van der Waals surface area contributed by atoms with Gasteiger partial charge in [0.2, 0.25) is 5.78 Å². The van der Waals surface area contributed by atoms with Gasteiger partial charge in [-0.1, -0.05) is 35.9 Å². The van der Waals surface area contributed by atoms with Crippen LogP contribution in [0.4, 0.5) is 0 Å². The zero-order valence-corrected chi connectivity index (χ0v) is 13.1. The van der Waals surface area contributed by atoms with Gasteiger partial charge in [0.25, 0.3) is 0 Å². The molecular formula is C18H13NO3S. The number of carboxylic acid groups (broad SMARTS) is 1. The minimum atomic E-state index is -1.01. The molecule has 0 atom stereocenters. The lowest BCUT2D eigenvalue weighted by Crippen LogP contribution is -2.02. The number of carbonyl (C=O) groups is 2. The highest BCUT2D eigenvalue weighted by Crippen LogP contribution is 2.24. The monoisotopic (exact) mass is 323 g/mol. The zero-order chi connectivity index (χ0) is 16.4. The first-order chi connectivity index (χ1) is 11.0. The van der Waals surface area contributed by atoms with Crippen LogP contribution in [0, 0.1) is 6.92 Å². The van der Waals surface area contributed by atoms with Crippen molar-refractivity contribution in [2.24, 2.45) is 0 Å². The van der Waals surface area contributed by atoms with E-state index in [1.807, 2.05) is 36.6 Å². The third-order valence-corrected chi connectivity index (χ3v) is 4.25. The van der Waals surface area contributed by atoms with Gasteiger partial charge in [-0.3, -0.25) is 4.79 Å². The maximum atomic E-state index is 12.4. The Bertz CT molecular complexity index is 881. The second kappa shape index (κ2) is 6.14. The SMILES string of the molecule is Cc1cccc(-c2csc(C(=O)c3ccc(C(=O)O)cc3)n2)c1. The van der Waals surface area contributed by atoms with Crippen LogP contribution < -0.4 is 0 Å². The van der Waals surface area contributed by atoms with E-state index in [2.05, 4.69) is 4.98 Å². The standard InChI is InChI=1S/C18H13NO3S/c1-11-3-2-4-14(9-11)15-10-23-17(19-15)16(20)12-5-7-13(8-6-12)18(21)22/h2-10H,1H3,(H,21,22). The molecule has 0 saturated carbocycles. The Morgan fingerprint density at radius 2 is 1.74 bits per heavy atom. The highest BCUT2D eigenvalue weighted by Gasteiger charge is 2.15. The highest BCUT2D eigenvalue weighted by atomic mass is 32.1. The molecule has 1 N–H and O–H groups in total. The van der Waals surface area contributed by atoms with Gasteiger partial charge in [-0.25, -0.2) is 9.78 Å². The molecule has 0 radical (unpaired) electrons. The molecule has 1 aromatic heterocycles. The Balaban J connectivity index is 1.87. The van der Waals surface area contributed by atoms with Gasteiger partial charge in [0.05, 0.1) is 11.3 Å². The Morgan fingerprint density at radius 3 is 2.39 bits per heavy atom. The number of nitrogens with zero attached hydrogens (tertiary/aromatic N) is 1. The molecular weight excluding hydrogens is 310 g/mol. The number of aryl methyl sites for hydroxylation is 1. The number of rotatable bonds is 4. The first-order valence-electron chi connectivity index (χ1n) is 6.95. The maximum Gasteiger partial charge on any atom is 0.335 e. The lowest BCUT2D eigenvalue weighted by atomic mass is 10.1. The van der Waals surface area contributed by atoms with Crippen LogP contribution >= 0.6 is 11.3 Å². The van der Waals surface area contributed by atoms with Gasteiger partial charge in [-0.15, -0.1) is 11.3 Å². The molecule has 4 nitrogen and oxygen atoms in total. The van der Waals surface area contributed by atoms with Gasteiger partial charge in [0, 0.05) is 16.5 Å². The predicted molar refractivity (Wildman–Crippen MR) is 89.1 cm³/mol. The first-order valence-corrected chi connectivity index (χ1v) is 7.83. The van der Waals surface area contributed by atoms with Crippen LogP contribution in [0.2, 0.25) is 0 Å². The van der Waals surface area contributed by atoms with Gasteiger partial charge in [0.15, 0.2) is 5.01 Å². The van der Waals surface area contributed by atoms with Gasteiger partial charge >= 0.3 is 5.97 Å². The van der Waals surface area contributed by atoms with Crippen LogP contribution in [0.15, 0.2) is 53.9 Å². The number of aromatic carboxylic acids is 1. The van der Waals surface area contributed by atoms with Crippen LogP contribution in [0.5, 0.6) is 0 Å². The molecule has 0 aliphatic carbocycles. The van der Waals surface area contributed by atoms with E-state index in [9.17, 15) is 9.59 Å². The lowest BCUT2D eigenvalue weighted by Gasteiger charge is -1.99. The molecule has 0 fully saturated rings. The molecule has 3 aromatic rings. The molecule has 0 aliphatic heterocycles. The molecule has 0 saturated heterocycles. The summed E-state index contributed by atoms with van der Waals surface area (Å²) in [6, 6.07) is 13.8. The van der Waals surface area contributed by atoms with Crippen LogP contribution in [0.1, 0.15) is 31.3 Å². The molecule has 0 unspecified atom stereocenters. The van der Waals surface area contributed by atoms with Crippen molar-refractivity contribution in [2.75, 3.05) is 0 Å². The number of thiazole rings is 1. The number of benzene rings is 2. The van der Waals surface area contributed by atoms with Crippen molar-refractivity contribution in [3.05, 3.63) is 75.6 Å². The van der Waals surface area contributed by atoms with Gasteiger partial charge in [0.1, 0.15) is 0 Å². The van der Waals surface area contributed by atoms with Crippen molar-refractivity contribution in [3.8, 4) is 11.3 Å².